The van der Waals surface area contributed by atoms with E-state index in [-0.39, 0.29) is 5.82 Å². The van der Waals surface area contributed by atoms with E-state index in [1.165, 1.54) is 28.5 Å². The van der Waals surface area contributed by atoms with Crippen LogP contribution >= 0.6 is 0 Å². The summed E-state index contributed by atoms with van der Waals surface area (Å²) in [4.78, 5) is 2.47. The van der Waals surface area contributed by atoms with E-state index in [9.17, 15) is 4.39 Å². The molecule has 4 heteroatoms. The largest absolute Gasteiger partial charge is 0.295 e. The molecule has 0 N–H and O–H groups in total. The summed E-state index contributed by atoms with van der Waals surface area (Å²) in [6.07, 6.45) is 1.74. The van der Waals surface area contributed by atoms with E-state index >= 15 is 0 Å². The monoisotopic (exact) mass is 347 g/mol. The molecule has 1 saturated heterocycles. The molecule has 0 amide bonds. The van der Waals surface area contributed by atoms with Gasteiger partial charge >= 0.3 is 0 Å². The highest BCUT2D eigenvalue weighted by Crippen LogP contribution is 2.20. The number of hydrazone groups is 1. The maximum atomic E-state index is 13.2. The summed E-state index contributed by atoms with van der Waals surface area (Å²) in [6.45, 7) is 4.68. The van der Waals surface area contributed by atoms with Crippen LogP contribution in [0.5, 0.6) is 0 Å². The zero-order chi connectivity index (χ0) is 17.8. The Bertz CT molecular complexity index is 909. The standard InChI is InChI=1S/C22H22FN3/c23-21-9-3-5-18(15-21)16-24-26-13-11-25(12-14-26)17-20-8-4-7-19-6-1-2-10-22(19)20/h1-10,15-16H,11-14,17H2/b24-16-. The summed E-state index contributed by atoms with van der Waals surface area (Å²) in [6, 6.07) is 21.6. The van der Waals surface area contributed by atoms with Crippen LogP contribution in [0, 0.1) is 5.82 Å². The number of hydrogen-bond acceptors (Lipinski definition) is 3. The van der Waals surface area contributed by atoms with E-state index in [1.807, 2.05) is 6.07 Å². The summed E-state index contributed by atoms with van der Waals surface area (Å²) in [5.74, 6) is -0.228. The van der Waals surface area contributed by atoms with Crippen LogP contribution in [0.4, 0.5) is 4.39 Å². The highest BCUT2D eigenvalue weighted by molar-refractivity contribution is 5.85. The topological polar surface area (TPSA) is 18.8 Å². The van der Waals surface area contributed by atoms with Crippen molar-refractivity contribution in [1.82, 2.24) is 9.91 Å². The Morgan fingerprint density at radius 3 is 2.50 bits per heavy atom. The van der Waals surface area contributed by atoms with Gasteiger partial charge in [-0.1, -0.05) is 54.6 Å². The lowest BCUT2D eigenvalue weighted by Crippen LogP contribution is -2.43. The second-order valence-electron chi connectivity index (χ2n) is 6.67. The molecule has 0 aromatic heterocycles. The number of fused-ring (bicyclic) bond motifs is 1. The third-order valence-corrected chi connectivity index (χ3v) is 4.84. The van der Waals surface area contributed by atoms with Crippen molar-refractivity contribution in [3.63, 3.8) is 0 Å². The zero-order valence-corrected chi connectivity index (χ0v) is 14.7. The fourth-order valence-electron chi connectivity index (χ4n) is 3.42. The molecule has 1 heterocycles. The maximum Gasteiger partial charge on any atom is 0.123 e. The van der Waals surface area contributed by atoms with Crippen LogP contribution in [0.3, 0.4) is 0 Å². The van der Waals surface area contributed by atoms with Gasteiger partial charge in [0.05, 0.1) is 6.21 Å². The quantitative estimate of drug-likeness (QED) is 0.661. The number of hydrogen-bond donors (Lipinski definition) is 0. The molecule has 0 aliphatic carbocycles. The number of halogens is 1. The van der Waals surface area contributed by atoms with Gasteiger partial charge in [-0.05, 0) is 34.0 Å². The smallest absolute Gasteiger partial charge is 0.123 e. The van der Waals surface area contributed by atoms with Crippen molar-refractivity contribution in [2.75, 3.05) is 26.2 Å². The normalized spacial score (nSPS) is 15.8. The number of rotatable bonds is 4. The highest BCUT2D eigenvalue weighted by Gasteiger charge is 2.16. The van der Waals surface area contributed by atoms with Crippen molar-refractivity contribution in [3.05, 3.63) is 83.7 Å². The minimum absolute atomic E-state index is 0.228. The second kappa shape index (κ2) is 7.67. The van der Waals surface area contributed by atoms with Crippen molar-refractivity contribution in [3.8, 4) is 0 Å². The second-order valence-corrected chi connectivity index (χ2v) is 6.67. The molecule has 1 aliphatic rings. The van der Waals surface area contributed by atoms with Crippen LogP contribution in [-0.2, 0) is 6.54 Å². The fourth-order valence-corrected chi connectivity index (χ4v) is 3.42. The third kappa shape index (κ3) is 3.92. The molecule has 1 aliphatic heterocycles. The molecule has 0 spiro atoms. The Morgan fingerprint density at radius 1 is 0.885 bits per heavy atom. The molecule has 0 atom stereocenters. The minimum atomic E-state index is -0.228. The molecule has 0 bridgehead atoms. The Hall–Kier alpha value is -2.72. The van der Waals surface area contributed by atoms with Gasteiger partial charge in [-0.2, -0.15) is 5.10 Å². The lowest BCUT2D eigenvalue weighted by molar-refractivity contribution is 0.131. The van der Waals surface area contributed by atoms with Crippen LogP contribution in [0.15, 0.2) is 71.8 Å². The first-order chi connectivity index (χ1) is 12.8. The molecule has 26 heavy (non-hydrogen) atoms. The van der Waals surface area contributed by atoms with E-state index in [0.29, 0.717) is 0 Å². The predicted octanol–water partition coefficient (Wildman–Crippen LogP) is 4.13. The Kier molecular flexibility index (Phi) is 4.93. The summed E-state index contributed by atoms with van der Waals surface area (Å²) in [7, 11) is 0. The Morgan fingerprint density at radius 2 is 1.65 bits per heavy atom. The third-order valence-electron chi connectivity index (χ3n) is 4.84. The summed E-state index contributed by atoms with van der Waals surface area (Å²) in [5, 5.41) is 9.19. The van der Waals surface area contributed by atoms with Gasteiger partial charge in [0.1, 0.15) is 5.82 Å². The lowest BCUT2D eigenvalue weighted by Gasteiger charge is -2.33. The van der Waals surface area contributed by atoms with Gasteiger partial charge in [-0.3, -0.25) is 9.91 Å². The maximum absolute atomic E-state index is 13.2. The molecule has 0 saturated carbocycles. The van der Waals surface area contributed by atoms with Gasteiger partial charge in [0.15, 0.2) is 0 Å². The molecule has 3 aromatic rings. The van der Waals surface area contributed by atoms with Crippen molar-refractivity contribution in [1.29, 1.82) is 0 Å². The number of nitrogens with zero attached hydrogens (tertiary/aromatic N) is 3. The Labute approximate surface area is 153 Å². The SMILES string of the molecule is Fc1cccc(/C=N\N2CCN(Cc3cccc4ccccc34)CC2)c1. The molecule has 0 unspecified atom stereocenters. The molecular formula is C22H22FN3. The van der Waals surface area contributed by atoms with Crippen molar-refractivity contribution < 1.29 is 4.39 Å². The molecule has 1 fully saturated rings. The molecule has 132 valence electrons. The molecule has 4 rings (SSSR count). The van der Waals surface area contributed by atoms with Gasteiger partial charge in [-0.25, -0.2) is 4.39 Å². The van der Waals surface area contributed by atoms with Crippen molar-refractivity contribution in [2.45, 2.75) is 6.54 Å². The van der Waals surface area contributed by atoms with Crippen molar-refractivity contribution in [2.24, 2.45) is 5.10 Å². The molecule has 3 aromatic carbocycles. The van der Waals surface area contributed by atoms with Gasteiger partial charge in [0, 0.05) is 32.7 Å². The fraction of sp³-hybridized carbons (Fsp3) is 0.227. The van der Waals surface area contributed by atoms with E-state index in [0.717, 1.165) is 38.3 Å². The first-order valence-corrected chi connectivity index (χ1v) is 9.01. The molecular weight excluding hydrogens is 325 g/mol. The summed E-state index contributed by atoms with van der Waals surface area (Å²) >= 11 is 0. The Balaban J connectivity index is 1.36. The highest BCUT2D eigenvalue weighted by atomic mass is 19.1. The number of piperazine rings is 1. The van der Waals surface area contributed by atoms with Crippen LogP contribution in [0.25, 0.3) is 10.8 Å². The molecule has 3 nitrogen and oxygen atoms in total. The summed E-state index contributed by atoms with van der Waals surface area (Å²) in [5.41, 5.74) is 2.17. The minimum Gasteiger partial charge on any atom is -0.295 e. The lowest BCUT2D eigenvalue weighted by atomic mass is 10.0. The summed E-state index contributed by atoms with van der Waals surface area (Å²) < 4.78 is 13.2. The van der Waals surface area contributed by atoms with Crippen LogP contribution in [0.2, 0.25) is 0 Å². The van der Waals surface area contributed by atoms with Crippen LogP contribution in [0.1, 0.15) is 11.1 Å². The number of benzene rings is 3. The molecule has 0 radical (unpaired) electrons. The average molecular weight is 347 g/mol. The first kappa shape index (κ1) is 16.7. The van der Waals surface area contributed by atoms with Gasteiger partial charge < -0.3 is 0 Å². The average Bonchev–Trinajstić information content (AvgIpc) is 2.68. The van der Waals surface area contributed by atoms with E-state index in [1.54, 1.807) is 12.3 Å². The first-order valence-electron chi connectivity index (χ1n) is 9.01. The van der Waals surface area contributed by atoms with Gasteiger partial charge in [0.2, 0.25) is 0 Å². The van der Waals surface area contributed by atoms with Crippen LogP contribution in [-0.4, -0.2) is 42.3 Å². The van der Waals surface area contributed by atoms with E-state index in [2.05, 4.69) is 57.5 Å². The van der Waals surface area contributed by atoms with Crippen molar-refractivity contribution >= 4 is 17.0 Å². The zero-order valence-electron chi connectivity index (χ0n) is 14.7. The van der Waals surface area contributed by atoms with Gasteiger partial charge in [-0.15, -0.1) is 0 Å². The van der Waals surface area contributed by atoms with E-state index < -0.39 is 0 Å². The van der Waals surface area contributed by atoms with E-state index in [4.69, 9.17) is 0 Å². The predicted molar refractivity (Wildman–Crippen MR) is 105 cm³/mol. The van der Waals surface area contributed by atoms with Crippen LogP contribution < -0.4 is 0 Å². The van der Waals surface area contributed by atoms with Gasteiger partial charge in [0.25, 0.3) is 0 Å².